The summed E-state index contributed by atoms with van der Waals surface area (Å²) in [4.78, 5) is 22.1. The van der Waals surface area contributed by atoms with Crippen LogP contribution >= 0.6 is 0 Å². The molecule has 0 heterocycles. The molecule has 6 nitrogen and oxygen atoms in total. The van der Waals surface area contributed by atoms with E-state index in [1.165, 1.54) is 12.1 Å². The van der Waals surface area contributed by atoms with E-state index in [4.69, 9.17) is 4.74 Å². The Morgan fingerprint density at radius 1 is 1.20 bits per heavy atom. The topological polar surface area (TPSA) is 81.5 Å². The maximum absolute atomic E-state index is 11.7. The van der Waals surface area contributed by atoms with Crippen molar-refractivity contribution in [3.05, 3.63) is 64.2 Å². The van der Waals surface area contributed by atoms with Crippen molar-refractivity contribution < 1.29 is 14.5 Å². The normalized spacial score (nSPS) is 9.85. The van der Waals surface area contributed by atoms with Crippen molar-refractivity contribution in [2.75, 3.05) is 5.32 Å². The van der Waals surface area contributed by atoms with Crippen LogP contribution in [0.1, 0.15) is 5.56 Å². The first kappa shape index (κ1) is 13.5. The molecule has 2 rings (SSSR count). The van der Waals surface area contributed by atoms with Crippen LogP contribution in [0.15, 0.2) is 48.5 Å². The van der Waals surface area contributed by atoms with E-state index in [1.54, 1.807) is 43.3 Å². The summed E-state index contributed by atoms with van der Waals surface area (Å²) in [6, 6.07) is 13.0. The number of hydrogen-bond donors (Lipinski definition) is 1. The Morgan fingerprint density at radius 2 is 1.90 bits per heavy atom. The van der Waals surface area contributed by atoms with E-state index in [9.17, 15) is 14.9 Å². The van der Waals surface area contributed by atoms with Crippen molar-refractivity contribution in [3.8, 4) is 5.75 Å². The second kappa shape index (κ2) is 5.83. The minimum Gasteiger partial charge on any atom is -0.410 e. The third-order valence-electron chi connectivity index (χ3n) is 2.54. The minimum absolute atomic E-state index is 0.0986. The Morgan fingerprint density at radius 3 is 2.55 bits per heavy atom. The van der Waals surface area contributed by atoms with Gasteiger partial charge in [0, 0.05) is 6.07 Å². The number of amides is 1. The van der Waals surface area contributed by atoms with Crippen molar-refractivity contribution in [1.82, 2.24) is 0 Å². The van der Waals surface area contributed by atoms with E-state index >= 15 is 0 Å². The van der Waals surface area contributed by atoms with Gasteiger partial charge in [-0.15, -0.1) is 0 Å². The zero-order valence-corrected chi connectivity index (χ0v) is 10.7. The molecule has 0 aromatic heterocycles. The van der Waals surface area contributed by atoms with Crippen LogP contribution in [-0.2, 0) is 0 Å². The quantitative estimate of drug-likeness (QED) is 0.684. The van der Waals surface area contributed by atoms with Gasteiger partial charge in [-0.3, -0.25) is 15.4 Å². The number of aryl methyl sites for hydroxylation is 1. The van der Waals surface area contributed by atoms with Crippen LogP contribution in [0.3, 0.4) is 0 Å². The Bertz CT molecular complexity index is 641. The molecule has 1 amide bonds. The maximum Gasteiger partial charge on any atom is 0.417 e. The van der Waals surface area contributed by atoms with Crippen LogP contribution in [0.4, 0.5) is 16.2 Å². The highest BCUT2D eigenvalue weighted by Gasteiger charge is 2.16. The standard InChI is InChI=1S/C14H12N2O4/c1-10-7-8-12(13(9-10)16(18)19)15-14(17)20-11-5-3-2-4-6-11/h2-9H,1H3,(H,15,17). The number of hydrogen-bond acceptors (Lipinski definition) is 4. The van der Waals surface area contributed by atoms with Gasteiger partial charge in [0.05, 0.1) is 4.92 Å². The SMILES string of the molecule is Cc1ccc(NC(=O)Oc2ccccc2)c([N+](=O)[O-])c1. The smallest absolute Gasteiger partial charge is 0.410 e. The summed E-state index contributed by atoms with van der Waals surface area (Å²) < 4.78 is 5.01. The summed E-state index contributed by atoms with van der Waals surface area (Å²) in [5.41, 5.74) is 0.662. The van der Waals surface area contributed by atoms with E-state index in [2.05, 4.69) is 5.32 Å². The Labute approximate surface area is 115 Å². The largest absolute Gasteiger partial charge is 0.417 e. The van der Waals surface area contributed by atoms with Crippen molar-refractivity contribution in [2.24, 2.45) is 0 Å². The number of nitrogens with one attached hydrogen (secondary N) is 1. The predicted octanol–water partition coefficient (Wildman–Crippen LogP) is 3.51. The monoisotopic (exact) mass is 272 g/mol. The average molecular weight is 272 g/mol. The molecule has 0 radical (unpaired) electrons. The summed E-state index contributed by atoms with van der Waals surface area (Å²) in [5, 5.41) is 13.3. The van der Waals surface area contributed by atoms with Crippen LogP contribution in [0.25, 0.3) is 0 Å². The molecule has 0 unspecified atom stereocenters. The number of benzene rings is 2. The second-order valence-electron chi connectivity index (χ2n) is 4.11. The first-order valence-electron chi connectivity index (χ1n) is 5.85. The van der Waals surface area contributed by atoms with Crippen molar-refractivity contribution in [2.45, 2.75) is 6.92 Å². The number of anilines is 1. The molecule has 2 aromatic rings. The molecule has 0 aliphatic rings. The lowest BCUT2D eigenvalue weighted by Gasteiger charge is -2.07. The Kier molecular flexibility index (Phi) is 3.95. The zero-order valence-electron chi connectivity index (χ0n) is 10.7. The minimum atomic E-state index is -0.775. The third kappa shape index (κ3) is 3.32. The van der Waals surface area contributed by atoms with Crippen LogP contribution in [0.2, 0.25) is 0 Å². The number of nitro groups is 1. The number of carbonyl (C=O) groups excluding carboxylic acids is 1. The molecule has 0 bridgehead atoms. The highest BCUT2D eigenvalue weighted by molar-refractivity contribution is 5.89. The van der Waals surface area contributed by atoms with Crippen molar-refractivity contribution in [1.29, 1.82) is 0 Å². The lowest BCUT2D eigenvalue weighted by Crippen LogP contribution is -2.17. The summed E-state index contributed by atoms with van der Waals surface area (Å²) in [5.74, 6) is 0.361. The molecule has 20 heavy (non-hydrogen) atoms. The number of para-hydroxylation sites is 1. The zero-order chi connectivity index (χ0) is 14.5. The molecule has 0 spiro atoms. The fourth-order valence-corrected chi connectivity index (χ4v) is 1.63. The molecule has 0 saturated carbocycles. The fraction of sp³-hybridized carbons (Fsp3) is 0.0714. The van der Waals surface area contributed by atoms with E-state index < -0.39 is 11.0 Å². The number of nitro benzene ring substituents is 1. The molecule has 102 valence electrons. The van der Waals surface area contributed by atoms with Gasteiger partial charge in [-0.1, -0.05) is 24.3 Å². The highest BCUT2D eigenvalue weighted by Crippen LogP contribution is 2.25. The number of ether oxygens (including phenoxy) is 1. The lowest BCUT2D eigenvalue weighted by molar-refractivity contribution is -0.384. The Balaban J connectivity index is 2.14. The summed E-state index contributed by atoms with van der Waals surface area (Å²) in [6.45, 7) is 1.74. The maximum atomic E-state index is 11.7. The summed E-state index contributed by atoms with van der Waals surface area (Å²) in [7, 11) is 0. The predicted molar refractivity (Wildman–Crippen MR) is 73.9 cm³/mol. The van der Waals surface area contributed by atoms with Gasteiger partial charge in [-0.05, 0) is 30.7 Å². The van der Waals surface area contributed by atoms with Gasteiger partial charge < -0.3 is 4.74 Å². The summed E-state index contributed by atoms with van der Waals surface area (Å²) >= 11 is 0. The number of rotatable bonds is 3. The lowest BCUT2D eigenvalue weighted by atomic mass is 10.2. The van der Waals surface area contributed by atoms with Gasteiger partial charge >= 0.3 is 6.09 Å². The van der Waals surface area contributed by atoms with Crippen molar-refractivity contribution >= 4 is 17.5 Å². The number of carbonyl (C=O) groups is 1. The molecule has 2 aromatic carbocycles. The van der Waals surface area contributed by atoms with Crippen molar-refractivity contribution in [3.63, 3.8) is 0 Å². The van der Waals surface area contributed by atoms with Gasteiger partial charge in [0.1, 0.15) is 11.4 Å². The second-order valence-corrected chi connectivity index (χ2v) is 4.11. The van der Waals surface area contributed by atoms with E-state index in [0.29, 0.717) is 5.75 Å². The van der Waals surface area contributed by atoms with Crippen LogP contribution in [0, 0.1) is 17.0 Å². The summed E-state index contributed by atoms with van der Waals surface area (Å²) in [6.07, 6.45) is -0.775. The molecule has 0 saturated heterocycles. The first-order chi connectivity index (χ1) is 9.56. The molecule has 0 aliphatic carbocycles. The first-order valence-corrected chi connectivity index (χ1v) is 5.85. The van der Waals surface area contributed by atoms with Crippen LogP contribution in [-0.4, -0.2) is 11.0 Å². The fourth-order valence-electron chi connectivity index (χ4n) is 1.63. The molecule has 0 aliphatic heterocycles. The molecule has 1 N–H and O–H groups in total. The molecule has 6 heteroatoms. The van der Waals surface area contributed by atoms with Gasteiger partial charge in [0.25, 0.3) is 5.69 Å². The number of nitrogens with zero attached hydrogens (tertiary/aromatic N) is 1. The van der Waals surface area contributed by atoms with E-state index in [1.807, 2.05) is 0 Å². The van der Waals surface area contributed by atoms with Gasteiger partial charge in [0.15, 0.2) is 0 Å². The highest BCUT2D eigenvalue weighted by atomic mass is 16.6. The van der Waals surface area contributed by atoms with Gasteiger partial charge in [-0.2, -0.15) is 0 Å². The third-order valence-corrected chi connectivity index (χ3v) is 2.54. The molecular formula is C14H12N2O4. The molecule has 0 fully saturated rings. The van der Waals surface area contributed by atoms with Crippen LogP contribution in [0.5, 0.6) is 5.75 Å². The van der Waals surface area contributed by atoms with Gasteiger partial charge in [-0.25, -0.2) is 4.79 Å². The van der Waals surface area contributed by atoms with Gasteiger partial charge in [0.2, 0.25) is 0 Å². The average Bonchev–Trinajstić information content (AvgIpc) is 2.41. The van der Waals surface area contributed by atoms with Crippen LogP contribution < -0.4 is 10.1 Å². The molecule has 0 atom stereocenters. The Hall–Kier alpha value is -2.89. The van der Waals surface area contributed by atoms with E-state index in [-0.39, 0.29) is 11.4 Å². The molecular weight excluding hydrogens is 260 g/mol. The van der Waals surface area contributed by atoms with E-state index in [0.717, 1.165) is 5.56 Å².